The second-order valence-electron chi connectivity index (χ2n) is 7.17. The molecule has 1 aliphatic heterocycles. The first-order valence-electron chi connectivity index (χ1n) is 9.13. The predicted octanol–water partition coefficient (Wildman–Crippen LogP) is 3.01. The summed E-state index contributed by atoms with van der Waals surface area (Å²) >= 11 is 0. The summed E-state index contributed by atoms with van der Waals surface area (Å²) in [7, 11) is -3.57. The lowest BCUT2D eigenvalue weighted by Crippen LogP contribution is -2.47. The average molecular weight is 367 g/mol. The van der Waals surface area contributed by atoms with Gasteiger partial charge in [-0.15, -0.1) is 0 Å². The van der Waals surface area contributed by atoms with Crippen molar-refractivity contribution in [2.24, 2.45) is 5.92 Å². The van der Waals surface area contributed by atoms with E-state index in [1.54, 1.807) is 6.07 Å². The zero-order valence-electron chi connectivity index (χ0n) is 15.7. The van der Waals surface area contributed by atoms with Crippen LogP contribution < -0.4 is 5.32 Å². The van der Waals surface area contributed by atoms with Crippen LogP contribution in [0.2, 0.25) is 0 Å². The fourth-order valence-electron chi connectivity index (χ4n) is 3.36. The Kier molecular flexibility index (Phi) is 6.63. The minimum Gasteiger partial charge on any atom is -0.353 e. The Bertz CT molecular complexity index is 715. The third-order valence-corrected chi connectivity index (χ3v) is 6.83. The quantitative estimate of drug-likeness (QED) is 0.841. The van der Waals surface area contributed by atoms with Gasteiger partial charge in [0.1, 0.15) is 0 Å². The van der Waals surface area contributed by atoms with Gasteiger partial charge in [-0.1, -0.05) is 25.5 Å². The molecule has 1 amide bonds. The maximum Gasteiger partial charge on any atom is 0.243 e. The number of hydrogen-bond donors (Lipinski definition) is 1. The number of sulfonamides is 1. The molecular weight excluding hydrogens is 336 g/mol. The summed E-state index contributed by atoms with van der Waals surface area (Å²) in [5.41, 5.74) is 1.66. The molecule has 1 aromatic rings. The maximum absolute atomic E-state index is 13.0. The molecule has 1 aliphatic rings. The largest absolute Gasteiger partial charge is 0.353 e. The van der Waals surface area contributed by atoms with Crippen LogP contribution in [0, 0.1) is 19.8 Å². The number of piperidine rings is 1. The number of amides is 1. The van der Waals surface area contributed by atoms with Gasteiger partial charge in [-0.05, 0) is 57.2 Å². The second-order valence-corrected chi connectivity index (χ2v) is 9.08. The molecule has 6 heteroatoms. The Labute approximate surface area is 151 Å². The Morgan fingerprint density at radius 2 is 2.08 bits per heavy atom. The van der Waals surface area contributed by atoms with Crippen molar-refractivity contribution in [3.63, 3.8) is 0 Å². The fourth-order valence-corrected chi connectivity index (χ4v) is 5.20. The van der Waals surface area contributed by atoms with Gasteiger partial charge in [0.05, 0.1) is 10.8 Å². The summed E-state index contributed by atoms with van der Waals surface area (Å²) < 4.78 is 27.6. The first-order chi connectivity index (χ1) is 11.8. The number of aryl methyl sites for hydroxylation is 2. The molecule has 1 saturated heterocycles. The van der Waals surface area contributed by atoms with Crippen LogP contribution in [0.3, 0.4) is 0 Å². The van der Waals surface area contributed by atoms with E-state index in [1.165, 1.54) is 4.31 Å². The van der Waals surface area contributed by atoms with Gasteiger partial charge in [-0.2, -0.15) is 4.31 Å². The van der Waals surface area contributed by atoms with E-state index in [2.05, 4.69) is 12.2 Å². The molecule has 25 heavy (non-hydrogen) atoms. The van der Waals surface area contributed by atoms with Crippen LogP contribution in [-0.2, 0) is 14.8 Å². The lowest BCUT2D eigenvalue weighted by molar-refractivity contribution is -0.126. The number of carbonyl (C=O) groups is 1. The van der Waals surface area contributed by atoms with Gasteiger partial charge < -0.3 is 5.32 Å². The highest BCUT2D eigenvalue weighted by molar-refractivity contribution is 7.89. The number of hydrogen-bond acceptors (Lipinski definition) is 3. The van der Waals surface area contributed by atoms with Crippen molar-refractivity contribution in [2.75, 3.05) is 13.1 Å². The third kappa shape index (κ3) is 4.82. The lowest BCUT2D eigenvalue weighted by Gasteiger charge is -2.32. The van der Waals surface area contributed by atoms with Crippen LogP contribution in [0.5, 0.6) is 0 Å². The zero-order valence-corrected chi connectivity index (χ0v) is 16.5. The molecule has 2 rings (SSSR count). The Morgan fingerprint density at radius 1 is 1.36 bits per heavy atom. The highest BCUT2D eigenvalue weighted by atomic mass is 32.2. The smallest absolute Gasteiger partial charge is 0.243 e. The Balaban J connectivity index is 2.14. The van der Waals surface area contributed by atoms with Crippen molar-refractivity contribution in [1.29, 1.82) is 0 Å². The maximum atomic E-state index is 13.0. The van der Waals surface area contributed by atoms with Crippen LogP contribution >= 0.6 is 0 Å². The van der Waals surface area contributed by atoms with Crippen molar-refractivity contribution in [2.45, 2.75) is 64.3 Å². The van der Waals surface area contributed by atoms with E-state index in [4.69, 9.17) is 0 Å². The topological polar surface area (TPSA) is 66.5 Å². The number of nitrogens with zero attached hydrogens (tertiary/aromatic N) is 1. The van der Waals surface area contributed by atoms with Gasteiger partial charge in [0.25, 0.3) is 0 Å². The van der Waals surface area contributed by atoms with Crippen LogP contribution in [0.15, 0.2) is 23.1 Å². The zero-order chi connectivity index (χ0) is 18.6. The number of benzene rings is 1. The highest BCUT2D eigenvalue weighted by Crippen LogP contribution is 2.26. The van der Waals surface area contributed by atoms with Crippen molar-refractivity contribution in [3.05, 3.63) is 29.3 Å². The van der Waals surface area contributed by atoms with Gasteiger partial charge in [0.15, 0.2) is 0 Å². The summed E-state index contributed by atoms with van der Waals surface area (Å²) in [6.45, 7) is 8.52. The number of rotatable bonds is 6. The molecule has 0 radical (unpaired) electrons. The molecular formula is C19H30N2O3S. The molecule has 2 unspecified atom stereocenters. The molecule has 2 atom stereocenters. The van der Waals surface area contributed by atoms with Crippen LogP contribution in [0.25, 0.3) is 0 Å². The van der Waals surface area contributed by atoms with E-state index in [0.717, 1.165) is 30.4 Å². The molecule has 1 N–H and O–H groups in total. The summed E-state index contributed by atoms with van der Waals surface area (Å²) in [5, 5.41) is 3.02. The first kappa shape index (κ1) is 19.9. The molecule has 5 nitrogen and oxygen atoms in total. The van der Waals surface area contributed by atoms with Crippen LogP contribution in [0.1, 0.15) is 50.7 Å². The van der Waals surface area contributed by atoms with E-state index in [-0.39, 0.29) is 24.4 Å². The summed E-state index contributed by atoms with van der Waals surface area (Å²) in [4.78, 5) is 12.8. The normalized spacial score (nSPS) is 20.2. The van der Waals surface area contributed by atoms with Crippen LogP contribution in [-0.4, -0.2) is 37.8 Å². The fraction of sp³-hybridized carbons (Fsp3) is 0.632. The van der Waals surface area contributed by atoms with Gasteiger partial charge >= 0.3 is 0 Å². The molecule has 0 saturated carbocycles. The van der Waals surface area contributed by atoms with E-state index in [1.807, 2.05) is 32.9 Å². The van der Waals surface area contributed by atoms with Gasteiger partial charge in [0, 0.05) is 19.1 Å². The highest BCUT2D eigenvalue weighted by Gasteiger charge is 2.34. The van der Waals surface area contributed by atoms with Gasteiger partial charge in [-0.3, -0.25) is 4.79 Å². The Hall–Kier alpha value is -1.40. The molecule has 0 aromatic heterocycles. The molecule has 1 fully saturated rings. The van der Waals surface area contributed by atoms with Crippen molar-refractivity contribution < 1.29 is 13.2 Å². The standard InChI is InChI=1S/C19H30N2O3S/c1-5-7-16(4)20-19(22)17-8-6-11-21(13-17)25(23,24)18-12-14(2)9-10-15(18)3/h9-10,12,16-17H,5-8,11,13H2,1-4H3,(H,20,22). The summed E-state index contributed by atoms with van der Waals surface area (Å²) in [6, 6.07) is 5.60. The second kappa shape index (κ2) is 8.32. The first-order valence-corrected chi connectivity index (χ1v) is 10.6. The summed E-state index contributed by atoms with van der Waals surface area (Å²) in [6.07, 6.45) is 3.40. The van der Waals surface area contributed by atoms with E-state index < -0.39 is 10.0 Å². The van der Waals surface area contributed by atoms with Crippen molar-refractivity contribution in [1.82, 2.24) is 9.62 Å². The van der Waals surface area contributed by atoms with Crippen molar-refractivity contribution >= 4 is 15.9 Å². The van der Waals surface area contributed by atoms with Crippen molar-refractivity contribution in [3.8, 4) is 0 Å². The monoisotopic (exact) mass is 366 g/mol. The molecule has 0 aliphatic carbocycles. The van der Waals surface area contributed by atoms with E-state index in [9.17, 15) is 13.2 Å². The summed E-state index contributed by atoms with van der Waals surface area (Å²) in [5.74, 6) is -0.297. The number of nitrogens with one attached hydrogen (secondary N) is 1. The third-order valence-electron chi connectivity index (χ3n) is 4.83. The Morgan fingerprint density at radius 3 is 2.76 bits per heavy atom. The molecule has 140 valence electrons. The van der Waals surface area contributed by atoms with E-state index >= 15 is 0 Å². The molecule has 0 spiro atoms. The van der Waals surface area contributed by atoms with Crippen LogP contribution in [0.4, 0.5) is 0 Å². The van der Waals surface area contributed by atoms with E-state index in [0.29, 0.717) is 17.9 Å². The molecule has 1 aromatic carbocycles. The minimum atomic E-state index is -3.57. The molecule has 0 bridgehead atoms. The van der Waals surface area contributed by atoms with Gasteiger partial charge in [-0.25, -0.2) is 8.42 Å². The average Bonchev–Trinajstić information content (AvgIpc) is 2.57. The SMILES string of the molecule is CCCC(C)NC(=O)C1CCCN(S(=O)(=O)c2cc(C)ccc2C)C1. The predicted molar refractivity (Wildman–Crippen MR) is 99.9 cm³/mol. The van der Waals surface area contributed by atoms with Gasteiger partial charge in [0.2, 0.25) is 15.9 Å². The minimum absolute atomic E-state index is 0.0261. The molecule has 1 heterocycles. The lowest BCUT2D eigenvalue weighted by atomic mass is 9.98. The number of carbonyl (C=O) groups excluding carboxylic acids is 1.